The Bertz CT molecular complexity index is 681. The average Bonchev–Trinajstić information content (AvgIpc) is 2.94. The summed E-state index contributed by atoms with van der Waals surface area (Å²) in [5.41, 5.74) is 5.37. The molecule has 6 nitrogen and oxygen atoms in total. The number of rotatable bonds is 5. The number of hydrogen-bond donors (Lipinski definition) is 2. The topological polar surface area (TPSA) is 94.6 Å². The smallest absolute Gasteiger partial charge is 0.373 e. The monoisotopic (exact) mass is 292 g/mol. The van der Waals surface area contributed by atoms with Crippen LogP contribution in [0.1, 0.15) is 26.7 Å². The van der Waals surface area contributed by atoms with E-state index in [1.165, 1.54) is 25.3 Å². The van der Waals surface area contributed by atoms with Crippen molar-refractivity contribution in [3.05, 3.63) is 53.2 Å². The normalized spacial score (nSPS) is 10.2. The predicted molar refractivity (Wildman–Crippen MR) is 72.3 cm³/mol. The van der Waals surface area contributed by atoms with Crippen LogP contribution in [0.5, 0.6) is 0 Å². The Kier molecular flexibility index (Phi) is 4.22. The molecule has 0 saturated heterocycles. The Morgan fingerprint density at radius 3 is 2.76 bits per heavy atom. The number of hydrogen-bond acceptors (Lipinski definition) is 5. The number of primary amides is 1. The highest BCUT2D eigenvalue weighted by Crippen LogP contribution is 2.16. The molecule has 0 radical (unpaired) electrons. The second kappa shape index (κ2) is 6.08. The van der Waals surface area contributed by atoms with Crippen molar-refractivity contribution in [2.24, 2.45) is 5.73 Å². The maximum Gasteiger partial charge on any atom is 0.373 e. The maximum atomic E-state index is 13.3. The van der Waals surface area contributed by atoms with E-state index in [-0.39, 0.29) is 17.9 Å². The second-order valence-electron chi connectivity index (χ2n) is 4.17. The molecule has 7 heteroatoms. The molecule has 0 aliphatic carbocycles. The van der Waals surface area contributed by atoms with E-state index < -0.39 is 17.7 Å². The molecule has 0 aliphatic rings. The number of esters is 1. The van der Waals surface area contributed by atoms with Gasteiger partial charge in [0.05, 0.1) is 19.2 Å². The van der Waals surface area contributed by atoms with Crippen molar-refractivity contribution in [2.45, 2.75) is 6.54 Å². The summed E-state index contributed by atoms with van der Waals surface area (Å²) in [5, 5.41) is 2.93. The molecule has 2 aromatic rings. The third-order valence-electron chi connectivity index (χ3n) is 2.75. The summed E-state index contributed by atoms with van der Waals surface area (Å²) >= 11 is 0. The van der Waals surface area contributed by atoms with E-state index in [0.717, 1.165) is 6.07 Å². The minimum atomic E-state index is -0.845. The van der Waals surface area contributed by atoms with Crippen LogP contribution in [-0.2, 0) is 11.3 Å². The second-order valence-corrected chi connectivity index (χ2v) is 4.17. The van der Waals surface area contributed by atoms with Crippen LogP contribution in [-0.4, -0.2) is 19.0 Å². The molecular formula is C14H13FN2O4. The van der Waals surface area contributed by atoms with Gasteiger partial charge in [-0.3, -0.25) is 4.79 Å². The Morgan fingerprint density at radius 2 is 2.10 bits per heavy atom. The first kappa shape index (κ1) is 14.6. The van der Waals surface area contributed by atoms with Gasteiger partial charge in [-0.15, -0.1) is 0 Å². The number of carbonyl (C=O) groups excluding carboxylic acids is 2. The number of anilines is 1. The highest BCUT2D eigenvalue weighted by atomic mass is 19.1. The third-order valence-corrected chi connectivity index (χ3v) is 2.75. The standard InChI is InChI=1S/C14H13FN2O4/c1-20-14(19)12-5-3-9(21-12)7-17-8-2-4-11(15)10(6-8)13(16)18/h2-6,17H,7H2,1H3,(H2,16,18). The van der Waals surface area contributed by atoms with Crippen molar-refractivity contribution in [3.8, 4) is 0 Å². The van der Waals surface area contributed by atoms with Crippen LogP contribution in [0.2, 0.25) is 0 Å². The lowest BCUT2D eigenvalue weighted by atomic mass is 10.2. The number of halogens is 1. The van der Waals surface area contributed by atoms with Crippen molar-refractivity contribution >= 4 is 17.6 Å². The van der Waals surface area contributed by atoms with E-state index in [4.69, 9.17) is 10.2 Å². The molecule has 2 rings (SSSR count). The summed E-state index contributed by atoms with van der Waals surface area (Å²) in [7, 11) is 1.26. The minimum absolute atomic E-state index is 0.0891. The van der Waals surface area contributed by atoms with Gasteiger partial charge in [-0.2, -0.15) is 0 Å². The minimum Gasteiger partial charge on any atom is -0.463 e. The summed E-state index contributed by atoms with van der Waals surface area (Å²) in [5.74, 6) is -1.52. The molecule has 1 amide bonds. The van der Waals surface area contributed by atoms with Gasteiger partial charge in [-0.05, 0) is 30.3 Å². The van der Waals surface area contributed by atoms with Gasteiger partial charge in [0.15, 0.2) is 0 Å². The van der Waals surface area contributed by atoms with Crippen LogP contribution in [0.25, 0.3) is 0 Å². The number of nitrogens with two attached hydrogens (primary N) is 1. The van der Waals surface area contributed by atoms with E-state index in [0.29, 0.717) is 11.4 Å². The molecule has 3 N–H and O–H groups in total. The van der Waals surface area contributed by atoms with Crippen LogP contribution in [0.15, 0.2) is 34.7 Å². The number of methoxy groups -OCH3 is 1. The summed E-state index contributed by atoms with van der Waals surface area (Å²) in [6.45, 7) is 0.251. The molecule has 0 saturated carbocycles. The van der Waals surface area contributed by atoms with Gasteiger partial charge >= 0.3 is 5.97 Å². The first-order chi connectivity index (χ1) is 10.0. The predicted octanol–water partition coefficient (Wildman–Crippen LogP) is 1.92. The first-order valence-electron chi connectivity index (χ1n) is 6.01. The lowest BCUT2D eigenvalue weighted by Crippen LogP contribution is -2.13. The molecule has 1 aromatic carbocycles. The van der Waals surface area contributed by atoms with Gasteiger partial charge < -0.3 is 20.2 Å². The third kappa shape index (κ3) is 3.38. The molecular weight excluding hydrogens is 279 g/mol. The van der Waals surface area contributed by atoms with E-state index in [9.17, 15) is 14.0 Å². The van der Waals surface area contributed by atoms with Crippen molar-refractivity contribution in [2.75, 3.05) is 12.4 Å². The van der Waals surface area contributed by atoms with E-state index in [2.05, 4.69) is 10.1 Å². The van der Waals surface area contributed by atoms with Gasteiger partial charge in [-0.1, -0.05) is 0 Å². The highest BCUT2D eigenvalue weighted by molar-refractivity contribution is 5.94. The number of carbonyl (C=O) groups is 2. The number of amides is 1. The van der Waals surface area contributed by atoms with Crippen LogP contribution in [0, 0.1) is 5.82 Å². The van der Waals surface area contributed by atoms with Crippen molar-refractivity contribution in [1.29, 1.82) is 0 Å². The molecule has 0 aliphatic heterocycles. The summed E-state index contributed by atoms with van der Waals surface area (Å²) in [4.78, 5) is 22.3. The molecule has 1 heterocycles. The number of nitrogens with one attached hydrogen (secondary N) is 1. The fourth-order valence-electron chi connectivity index (χ4n) is 1.70. The number of benzene rings is 1. The zero-order valence-electron chi connectivity index (χ0n) is 11.2. The quantitative estimate of drug-likeness (QED) is 0.821. The summed E-state index contributed by atoms with van der Waals surface area (Å²) < 4.78 is 23.1. The van der Waals surface area contributed by atoms with Crippen molar-refractivity contribution in [3.63, 3.8) is 0 Å². The summed E-state index contributed by atoms with van der Waals surface area (Å²) in [6, 6.07) is 7.01. The lowest BCUT2D eigenvalue weighted by molar-refractivity contribution is 0.0563. The molecule has 0 bridgehead atoms. The fraction of sp³-hybridized carbons (Fsp3) is 0.143. The van der Waals surface area contributed by atoms with Crippen molar-refractivity contribution < 1.29 is 23.1 Å². The van der Waals surface area contributed by atoms with Gasteiger partial charge in [0, 0.05) is 5.69 Å². The SMILES string of the molecule is COC(=O)c1ccc(CNc2ccc(F)c(C(N)=O)c2)o1. The zero-order chi connectivity index (χ0) is 15.4. The van der Waals surface area contributed by atoms with E-state index in [1.807, 2.05) is 0 Å². The molecule has 0 unspecified atom stereocenters. The maximum absolute atomic E-state index is 13.3. The number of ether oxygens (including phenoxy) is 1. The first-order valence-corrected chi connectivity index (χ1v) is 6.01. The largest absolute Gasteiger partial charge is 0.463 e. The molecule has 0 atom stereocenters. The van der Waals surface area contributed by atoms with Crippen molar-refractivity contribution in [1.82, 2.24) is 0 Å². The van der Waals surface area contributed by atoms with Gasteiger partial charge in [0.25, 0.3) is 5.91 Å². The van der Waals surface area contributed by atoms with Gasteiger partial charge in [0.1, 0.15) is 11.6 Å². The Morgan fingerprint density at radius 1 is 1.33 bits per heavy atom. The van der Waals surface area contributed by atoms with Crippen LogP contribution in [0.4, 0.5) is 10.1 Å². The van der Waals surface area contributed by atoms with Crippen LogP contribution < -0.4 is 11.1 Å². The molecule has 1 aromatic heterocycles. The van der Waals surface area contributed by atoms with Crippen LogP contribution in [0.3, 0.4) is 0 Å². The van der Waals surface area contributed by atoms with Gasteiger partial charge in [0.2, 0.25) is 5.76 Å². The van der Waals surface area contributed by atoms with Crippen LogP contribution >= 0.6 is 0 Å². The fourth-order valence-corrected chi connectivity index (χ4v) is 1.70. The molecule has 110 valence electrons. The van der Waals surface area contributed by atoms with Gasteiger partial charge in [-0.25, -0.2) is 9.18 Å². The van der Waals surface area contributed by atoms with E-state index >= 15 is 0 Å². The number of furan rings is 1. The Labute approximate surface area is 119 Å². The Hall–Kier alpha value is -2.83. The molecule has 0 fully saturated rings. The zero-order valence-corrected chi connectivity index (χ0v) is 11.2. The lowest BCUT2D eigenvalue weighted by Gasteiger charge is -2.06. The molecule has 21 heavy (non-hydrogen) atoms. The highest BCUT2D eigenvalue weighted by Gasteiger charge is 2.12. The van der Waals surface area contributed by atoms with E-state index in [1.54, 1.807) is 6.07 Å². The molecule has 0 spiro atoms. The summed E-state index contributed by atoms with van der Waals surface area (Å²) in [6.07, 6.45) is 0. The average molecular weight is 292 g/mol. The Balaban J connectivity index is 2.06.